The van der Waals surface area contributed by atoms with Crippen molar-refractivity contribution in [2.75, 3.05) is 44.5 Å². The van der Waals surface area contributed by atoms with E-state index in [1.165, 1.54) is 13.1 Å². The highest BCUT2D eigenvalue weighted by atomic mass is 32.2. The third-order valence-corrected chi connectivity index (χ3v) is 10.1. The van der Waals surface area contributed by atoms with Crippen molar-refractivity contribution in [1.29, 1.82) is 0 Å². The number of carbonyl (C=O) groups is 2. The molecule has 2 rings (SSSR count). The van der Waals surface area contributed by atoms with Crippen LogP contribution in [-0.4, -0.2) is 86.7 Å². The van der Waals surface area contributed by atoms with Gasteiger partial charge in [-0.05, 0) is 40.1 Å². The van der Waals surface area contributed by atoms with E-state index in [2.05, 4.69) is 15.0 Å². The first-order valence-corrected chi connectivity index (χ1v) is 16.6. The maximum absolute atomic E-state index is 13.5. The number of aliphatic hydroxyl groups excluding tert-OH is 2. The first kappa shape index (κ1) is 37.2. The highest BCUT2D eigenvalue weighted by molar-refractivity contribution is 8.14. The molecule has 0 unspecified atom stereocenters. The lowest BCUT2D eigenvalue weighted by Gasteiger charge is -2.22. The molecule has 0 aliphatic carbocycles. The van der Waals surface area contributed by atoms with Crippen molar-refractivity contribution in [3.8, 4) is 0 Å². The largest absolute Gasteiger partial charge is 0.474 e. The Bertz CT molecular complexity index is 1310. The average molecular weight is 668 g/mol. The van der Waals surface area contributed by atoms with Gasteiger partial charge in [0.2, 0.25) is 0 Å². The van der Waals surface area contributed by atoms with Crippen LogP contribution in [0.3, 0.4) is 0 Å². The number of nitrogens with one attached hydrogen (secondary N) is 1. The fraction of sp³-hybridized carbons (Fsp3) is 0.750. The number of aryl methyl sites for hydroxylation is 1. The molecule has 1 aliphatic rings. The molecule has 1 aliphatic heterocycles. The number of carbonyl (C=O) groups excluding carboxylic acids is 2. The Morgan fingerprint density at radius 2 is 1.65 bits per heavy atom. The summed E-state index contributed by atoms with van der Waals surface area (Å²) in [4.78, 5) is 53.6. The number of thioether (sulfide) groups is 2. The van der Waals surface area contributed by atoms with Crippen molar-refractivity contribution >= 4 is 41.6 Å². The quantitative estimate of drug-likeness (QED) is 0.0713. The number of phosphoric acid groups is 1. The molecule has 242 valence electrons. The van der Waals surface area contributed by atoms with E-state index in [-0.39, 0.29) is 60.1 Å². The smallest absolute Gasteiger partial charge is 0.395 e. The lowest BCUT2D eigenvalue weighted by atomic mass is 9.97. The molecular weight excluding hydrogens is 629 g/mol. The topological polar surface area (TPSA) is 232 Å². The molecule has 3 atom stereocenters. The van der Waals surface area contributed by atoms with E-state index < -0.39 is 54.9 Å². The van der Waals surface area contributed by atoms with Crippen molar-refractivity contribution in [3.05, 3.63) is 43.0 Å². The first-order chi connectivity index (χ1) is 20.1. The molecule has 3 N–H and O–H groups in total. The van der Waals surface area contributed by atoms with E-state index >= 15 is 0 Å². The summed E-state index contributed by atoms with van der Waals surface area (Å²) in [6.07, 6.45) is -0.548. The lowest BCUT2D eigenvalue weighted by molar-refractivity contribution is -0.120. The highest BCUT2D eigenvalue weighted by Gasteiger charge is 2.39. The number of aliphatic hydroxyl groups is 2. The van der Waals surface area contributed by atoms with E-state index in [9.17, 15) is 34.0 Å². The minimum atomic E-state index is -4.33. The summed E-state index contributed by atoms with van der Waals surface area (Å²) in [6, 6.07) is -0.842. The molecule has 0 bridgehead atoms. The van der Waals surface area contributed by atoms with Crippen molar-refractivity contribution in [2.45, 2.75) is 59.4 Å². The molecule has 0 radical (unpaired) electrons. The predicted octanol–water partition coefficient (Wildman–Crippen LogP) is 2.53. The van der Waals surface area contributed by atoms with Gasteiger partial charge in [-0.3, -0.25) is 37.5 Å². The number of H-pyrrole nitrogens is 1. The Morgan fingerprint density at radius 1 is 1.12 bits per heavy atom. The Morgan fingerprint density at radius 3 is 2.14 bits per heavy atom. The van der Waals surface area contributed by atoms with Crippen LogP contribution in [0.25, 0.3) is 10.4 Å². The zero-order valence-electron chi connectivity index (χ0n) is 24.6. The van der Waals surface area contributed by atoms with Crippen LogP contribution in [0.15, 0.2) is 20.9 Å². The standard InChI is InChI=1S/C24H38N5O11PS2/c1-15-11-29(22(35)26-19(15)32)18-10-16(27-28-25)17(40-18)12-39-41(36,37-6-8-42-20(33)23(2,3)13-30)38-7-9-43-21(34)24(4,5)14-31/h11,16-18,30-31H,6-10,12-14H2,1-5H3,(H,26,32,35)/t16-,17+,18+/m0/s1. The van der Waals surface area contributed by atoms with Crippen LogP contribution >= 0.6 is 31.3 Å². The molecule has 43 heavy (non-hydrogen) atoms. The van der Waals surface area contributed by atoms with Crippen LogP contribution in [0.2, 0.25) is 0 Å². The summed E-state index contributed by atoms with van der Waals surface area (Å²) in [7, 11) is -4.33. The zero-order chi connectivity index (χ0) is 32.4. The van der Waals surface area contributed by atoms with Gasteiger partial charge in [0.05, 0.1) is 56.0 Å². The zero-order valence-corrected chi connectivity index (χ0v) is 27.1. The number of nitrogens with zero attached hydrogens (tertiary/aromatic N) is 4. The molecule has 0 spiro atoms. The number of aromatic amines is 1. The van der Waals surface area contributed by atoms with Crippen LogP contribution in [0, 0.1) is 17.8 Å². The molecule has 0 aromatic carbocycles. The first-order valence-electron chi connectivity index (χ1n) is 13.2. The molecule has 1 saturated heterocycles. The Hall–Kier alpha value is -1.98. The number of rotatable bonds is 17. The van der Waals surface area contributed by atoms with E-state index in [1.54, 1.807) is 27.7 Å². The minimum absolute atomic E-state index is 0.0499. The Balaban J connectivity index is 2.11. The summed E-state index contributed by atoms with van der Waals surface area (Å²) >= 11 is 1.74. The van der Waals surface area contributed by atoms with Gasteiger partial charge >= 0.3 is 13.5 Å². The van der Waals surface area contributed by atoms with Crippen molar-refractivity contribution in [3.63, 3.8) is 0 Å². The second-order valence-electron chi connectivity index (χ2n) is 10.9. The summed E-state index contributed by atoms with van der Waals surface area (Å²) in [5, 5.41) is 21.8. The number of azide groups is 1. The molecular formula is C24H38N5O11PS2. The van der Waals surface area contributed by atoms with Crippen LogP contribution in [-0.2, 0) is 32.5 Å². The maximum atomic E-state index is 13.5. The molecule has 1 aromatic rings. The van der Waals surface area contributed by atoms with Gasteiger partial charge < -0.3 is 14.9 Å². The normalized spacial score (nSPS) is 19.3. The van der Waals surface area contributed by atoms with Crippen LogP contribution in [0.5, 0.6) is 0 Å². The molecule has 16 nitrogen and oxygen atoms in total. The maximum Gasteiger partial charge on any atom is 0.474 e. The van der Waals surface area contributed by atoms with Gasteiger partial charge in [0.1, 0.15) is 6.23 Å². The molecule has 1 aromatic heterocycles. The number of hydrogen-bond donors (Lipinski definition) is 3. The average Bonchev–Trinajstić information content (AvgIpc) is 3.36. The van der Waals surface area contributed by atoms with Gasteiger partial charge in [-0.2, -0.15) is 0 Å². The van der Waals surface area contributed by atoms with Crippen molar-refractivity contribution in [2.24, 2.45) is 15.9 Å². The fourth-order valence-corrected chi connectivity index (χ4v) is 6.43. The van der Waals surface area contributed by atoms with Crippen molar-refractivity contribution in [1.82, 2.24) is 9.55 Å². The highest BCUT2D eigenvalue weighted by Crippen LogP contribution is 2.50. The third-order valence-electron chi connectivity index (χ3n) is 6.28. The summed E-state index contributed by atoms with van der Waals surface area (Å²) in [5.41, 5.74) is 6.05. The number of hydrogen-bond acceptors (Lipinski definition) is 14. The predicted molar refractivity (Wildman–Crippen MR) is 160 cm³/mol. The van der Waals surface area contributed by atoms with E-state index in [4.69, 9.17) is 23.8 Å². The van der Waals surface area contributed by atoms with Gasteiger partial charge in [0.15, 0.2) is 10.2 Å². The van der Waals surface area contributed by atoms with E-state index in [1.807, 2.05) is 0 Å². The monoisotopic (exact) mass is 667 g/mol. The van der Waals surface area contributed by atoms with Gasteiger partial charge in [-0.25, -0.2) is 9.36 Å². The number of phosphoric ester groups is 1. The Labute approximate surface area is 256 Å². The lowest BCUT2D eigenvalue weighted by Crippen LogP contribution is -2.33. The third kappa shape index (κ3) is 10.8. The summed E-state index contributed by atoms with van der Waals surface area (Å²) < 4.78 is 36.9. The van der Waals surface area contributed by atoms with Crippen LogP contribution in [0.1, 0.15) is 45.9 Å². The molecule has 2 heterocycles. The summed E-state index contributed by atoms with van der Waals surface area (Å²) in [6.45, 7) is 6.20. The number of ether oxygens (including phenoxy) is 1. The van der Waals surface area contributed by atoms with Gasteiger partial charge in [0, 0.05) is 34.6 Å². The molecule has 1 fully saturated rings. The van der Waals surface area contributed by atoms with Gasteiger partial charge in [0.25, 0.3) is 5.56 Å². The summed E-state index contributed by atoms with van der Waals surface area (Å²) in [5.74, 6) is 0.128. The number of aromatic nitrogens is 2. The van der Waals surface area contributed by atoms with Crippen LogP contribution in [0.4, 0.5) is 0 Å². The van der Waals surface area contributed by atoms with E-state index in [0.29, 0.717) is 0 Å². The molecule has 0 saturated carbocycles. The van der Waals surface area contributed by atoms with Crippen molar-refractivity contribution < 1.29 is 42.7 Å². The Kier molecular flexibility index (Phi) is 14.2. The minimum Gasteiger partial charge on any atom is -0.395 e. The molecule has 0 amide bonds. The molecule has 19 heteroatoms. The van der Waals surface area contributed by atoms with Crippen LogP contribution < -0.4 is 11.2 Å². The van der Waals surface area contributed by atoms with Gasteiger partial charge in [-0.1, -0.05) is 28.6 Å². The van der Waals surface area contributed by atoms with Gasteiger partial charge in [-0.15, -0.1) is 0 Å². The second kappa shape index (κ2) is 16.4. The fourth-order valence-electron chi connectivity index (χ4n) is 3.39. The van der Waals surface area contributed by atoms with E-state index in [0.717, 1.165) is 28.1 Å². The SMILES string of the molecule is Cc1cn([C@H]2C[C@H](N=[N+]=[N-])[C@@H](COP(=O)(OCCSC(=O)C(C)(C)CO)OCCSC(=O)C(C)(C)CO)O2)c(=O)[nH]c1=O. The second-order valence-corrected chi connectivity index (χ2v) is 14.7.